The van der Waals surface area contributed by atoms with Gasteiger partial charge in [-0.15, -0.1) is 0 Å². The number of hydrogen-bond donors (Lipinski definition) is 1. The average Bonchev–Trinajstić information content (AvgIpc) is 2.89. The van der Waals surface area contributed by atoms with Crippen molar-refractivity contribution in [2.24, 2.45) is 0 Å². The molecule has 0 spiro atoms. The molecular weight excluding hydrogens is 491 g/mol. The van der Waals surface area contributed by atoms with Gasteiger partial charge in [0.2, 0.25) is 11.9 Å². The molecule has 0 aliphatic heterocycles. The second kappa shape index (κ2) is 12.0. The van der Waals surface area contributed by atoms with Gasteiger partial charge in [-0.05, 0) is 42.0 Å². The molecule has 1 N–H and O–H groups in total. The summed E-state index contributed by atoms with van der Waals surface area (Å²) in [5, 5.41) is 2.39. The Morgan fingerprint density at radius 1 is 0.865 bits per heavy atom. The number of carbonyl (C=O) groups excluding carboxylic acids is 2. The fraction of sp³-hybridized carbons (Fsp3) is 0.185. The number of anilines is 1. The van der Waals surface area contributed by atoms with Crippen LogP contribution in [0, 0.1) is 0 Å². The molecule has 37 heavy (non-hydrogen) atoms. The molecule has 0 radical (unpaired) electrons. The van der Waals surface area contributed by atoms with Crippen LogP contribution in [0.2, 0.25) is 0 Å². The number of esters is 1. The number of nitrogens with one attached hydrogen (secondary N) is 1. The maximum absolute atomic E-state index is 13.1. The molecule has 0 saturated heterocycles. The van der Waals surface area contributed by atoms with Crippen LogP contribution in [0.1, 0.15) is 22.8 Å². The van der Waals surface area contributed by atoms with E-state index < -0.39 is 29.7 Å². The van der Waals surface area contributed by atoms with Gasteiger partial charge in [-0.1, -0.05) is 36.4 Å². The topological polar surface area (TPSA) is 83.1 Å². The first-order chi connectivity index (χ1) is 17.7. The van der Waals surface area contributed by atoms with Crippen LogP contribution >= 0.6 is 0 Å². The zero-order valence-electron chi connectivity index (χ0n) is 20.2. The normalized spacial score (nSPS) is 12.1. The third-order valence-electron chi connectivity index (χ3n) is 5.13. The Labute approximate surface area is 211 Å². The highest BCUT2D eigenvalue weighted by molar-refractivity contribution is 5.97. The van der Waals surface area contributed by atoms with Gasteiger partial charge in [0.15, 0.2) is 11.5 Å². The van der Waals surface area contributed by atoms with E-state index in [1.807, 2.05) is 0 Å². The molecule has 0 fully saturated rings. The van der Waals surface area contributed by atoms with Crippen LogP contribution in [0.15, 0.2) is 72.8 Å². The fourth-order valence-electron chi connectivity index (χ4n) is 3.40. The van der Waals surface area contributed by atoms with Crippen LogP contribution in [-0.2, 0) is 20.5 Å². The van der Waals surface area contributed by atoms with Gasteiger partial charge in [-0.3, -0.25) is 4.79 Å². The van der Waals surface area contributed by atoms with Crippen molar-refractivity contribution in [1.29, 1.82) is 0 Å². The molecule has 0 bridgehead atoms. The summed E-state index contributed by atoms with van der Waals surface area (Å²) in [5.74, 6) is -0.558. The number of methoxy groups -OCH3 is 3. The quantitative estimate of drug-likeness (QED) is 0.292. The van der Waals surface area contributed by atoms with Crippen molar-refractivity contribution in [3.8, 4) is 17.2 Å². The standard InChI is InChI=1S/C27H24F3NO6/c1-34-21-14-17(15-22(35-2)25(21)36-3)12-13-23(32)37-24(18-8-5-4-6-9-18)26(33)31-20-11-7-10-19(16-20)27(28,29)30/h4-16,24H,1-3H3,(H,31,33)/b13-12+/t24-/m0/s1. The van der Waals surface area contributed by atoms with E-state index >= 15 is 0 Å². The highest BCUT2D eigenvalue weighted by Gasteiger charge is 2.31. The SMILES string of the molecule is COc1cc(/C=C/C(=O)O[C@H](C(=O)Nc2cccc(C(F)(F)F)c2)c2ccccc2)cc(OC)c1OC. The first kappa shape index (κ1) is 27.1. The average molecular weight is 515 g/mol. The smallest absolute Gasteiger partial charge is 0.416 e. The number of rotatable bonds is 9. The minimum absolute atomic E-state index is 0.0928. The number of amides is 1. The predicted octanol–water partition coefficient (Wildman–Crippen LogP) is 5.67. The lowest BCUT2D eigenvalue weighted by atomic mass is 10.1. The molecule has 3 aromatic carbocycles. The summed E-state index contributed by atoms with van der Waals surface area (Å²) in [4.78, 5) is 25.6. The highest BCUT2D eigenvalue weighted by atomic mass is 19.4. The second-order valence-corrected chi connectivity index (χ2v) is 7.59. The Morgan fingerprint density at radius 3 is 2.08 bits per heavy atom. The van der Waals surface area contributed by atoms with Crippen LogP contribution in [-0.4, -0.2) is 33.2 Å². The monoisotopic (exact) mass is 515 g/mol. The molecule has 10 heteroatoms. The maximum Gasteiger partial charge on any atom is 0.416 e. The van der Waals surface area contributed by atoms with Crippen LogP contribution in [0.4, 0.5) is 18.9 Å². The predicted molar refractivity (Wildman–Crippen MR) is 130 cm³/mol. The maximum atomic E-state index is 13.1. The van der Waals surface area contributed by atoms with Gasteiger partial charge in [-0.25, -0.2) is 4.79 Å². The molecule has 3 rings (SSSR count). The molecule has 0 aliphatic rings. The van der Waals surface area contributed by atoms with Crippen molar-refractivity contribution in [2.75, 3.05) is 26.6 Å². The van der Waals surface area contributed by atoms with Crippen LogP contribution < -0.4 is 19.5 Å². The number of halogens is 3. The Morgan fingerprint density at radius 2 is 1.51 bits per heavy atom. The Bertz CT molecular complexity index is 1250. The Hall–Kier alpha value is -4.47. The van der Waals surface area contributed by atoms with Crippen molar-refractivity contribution in [3.63, 3.8) is 0 Å². The molecule has 0 aliphatic carbocycles. The molecule has 3 aromatic rings. The number of alkyl halides is 3. The van der Waals surface area contributed by atoms with E-state index in [2.05, 4.69) is 5.32 Å². The third kappa shape index (κ3) is 7.03. The molecule has 0 heterocycles. The number of carbonyl (C=O) groups is 2. The number of ether oxygens (including phenoxy) is 4. The van der Waals surface area contributed by atoms with Crippen molar-refractivity contribution in [3.05, 3.63) is 89.5 Å². The summed E-state index contributed by atoms with van der Waals surface area (Å²) in [5.41, 5.74) is -0.158. The molecule has 0 saturated carbocycles. The lowest BCUT2D eigenvalue weighted by Gasteiger charge is -2.18. The van der Waals surface area contributed by atoms with Crippen molar-refractivity contribution in [2.45, 2.75) is 12.3 Å². The van der Waals surface area contributed by atoms with Gasteiger partial charge in [0.1, 0.15) is 0 Å². The molecule has 0 aromatic heterocycles. The molecule has 7 nitrogen and oxygen atoms in total. The highest BCUT2D eigenvalue weighted by Crippen LogP contribution is 2.38. The number of hydrogen-bond acceptors (Lipinski definition) is 6. The van der Waals surface area contributed by atoms with Crippen molar-refractivity contribution in [1.82, 2.24) is 0 Å². The summed E-state index contributed by atoms with van der Waals surface area (Å²) >= 11 is 0. The molecule has 1 atom stereocenters. The van der Waals surface area contributed by atoms with Gasteiger partial charge >= 0.3 is 12.1 Å². The van der Waals surface area contributed by atoms with E-state index in [1.54, 1.807) is 42.5 Å². The minimum Gasteiger partial charge on any atom is -0.493 e. The molecule has 194 valence electrons. The minimum atomic E-state index is -4.58. The van der Waals surface area contributed by atoms with Crippen molar-refractivity contribution >= 4 is 23.6 Å². The molecule has 0 unspecified atom stereocenters. The van der Waals surface area contributed by atoms with Gasteiger partial charge in [0, 0.05) is 17.3 Å². The zero-order valence-corrected chi connectivity index (χ0v) is 20.2. The summed E-state index contributed by atoms with van der Waals surface area (Å²) in [6, 6.07) is 15.5. The lowest BCUT2D eigenvalue weighted by Crippen LogP contribution is -2.25. The largest absolute Gasteiger partial charge is 0.493 e. The summed E-state index contributed by atoms with van der Waals surface area (Å²) in [6.45, 7) is 0. The van der Waals surface area contributed by atoms with Gasteiger partial charge in [0.25, 0.3) is 5.91 Å². The van der Waals surface area contributed by atoms with E-state index in [4.69, 9.17) is 18.9 Å². The Kier molecular flexibility index (Phi) is 8.78. The first-order valence-corrected chi connectivity index (χ1v) is 10.9. The van der Waals surface area contributed by atoms with E-state index in [0.717, 1.165) is 18.2 Å². The number of benzene rings is 3. The second-order valence-electron chi connectivity index (χ2n) is 7.59. The van der Waals surface area contributed by atoms with E-state index in [9.17, 15) is 22.8 Å². The van der Waals surface area contributed by atoms with Gasteiger partial charge < -0.3 is 24.3 Å². The van der Waals surface area contributed by atoms with Crippen LogP contribution in [0.5, 0.6) is 17.2 Å². The third-order valence-corrected chi connectivity index (χ3v) is 5.13. The summed E-state index contributed by atoms with van der Waals surface area (Å²) in [6.07, 6.45) is -3.47. The summed E-state index contributed by atoms with van der Waals surface area (Å²) in [7, 11) is 4.36. The van der Waals surface area contributed by atoms with Crippen molar-refractivity contribution < 1.29 is 41.7 Å². The van der Waals surface area contributed by atoms with E-state index in [-0.39, 0.29) is 5.69 Å². The summed E-state index contributed by atoms with van der Waals surface area (Å²) < 4.78 is 60.4. The zero-order chi connectivity index (χ0) is 27.0. The molecular formula is C27H24F3NO6. The van der Waals surface area contributed by atoms with E-state index in [0.29, 0.717) is 28.4 Å². The molecule has 1 amide bonds. The Balaban J connectivity index is 1.82. The van der Waals surface area contributed by atoms with Crippen LogP contribution in [0.25, 0.3) is 6.08 Å². The lowest BCUT2D eigenvalue weighted by molar-refractivity contribution is -0.149. The van der Waals surface area contributed by atoms with Crippen LogP contribution in [0.3, 0.4) is 0 Å². The van der Waals surface area contributed by atoms with E-state index in [1.165, 1.54) is 39.5 Å². The van der Waals surface area contributed by atoms with Gasteiger partial charge in [-0.2, -0.15) is 13.2 Å². The fourth-order valence-corrected chi connectivity index (χ4v) is 3.40. The first-order valence-electron chi connectivity index (χ1n) is 10.9. The van der Waals surface area contributed by atoms with Gasteiger partial charge in [0.05, 0.1) is 26.9 Å².